The topological polar surface area (TPSA) is 76.4 Å². The maximum Gasteiger partial charge on any atom is 0.271 e. The van der Waals surface area contributed by atoms with Crippen molar-refractivity contribution in [3.63, 3.8) is 0 Å². The third kappa shape index (κ3) is 3.81. The Morgan fingerprint density at radius 3 is 2.88 bits per heavy atom. The summed E-state index contributed by atoms with van der Waals surface area (Å²) in [5, 5.41) is 11.7. The molecule has 3 rings (SSSR count). The number of fused-ring (bicyclic) bond motifs is 1. The van der Waals surface area contributed by atoms with Crippen LogP contribution in [-0.2, 0) is 11.3 Å². The lowest BCUT2D eigenvalue weighted by atomic mass is 10.2. The van der Waals surface area contributed by atoms with Gasteiger partial charge in [0.15, 0.2) is 0 Å². The molecule has 0 atom stereocenters. The molecule has 0 aliphatic rings. The molecular weight excluding hydrogens is 332 g/mol. The number of hydrogen-bond donors (Lipinski definition) is 2. The van der Waals surface area contributed by atoms with Gasteiger partial charge in [-0.15, -0.1) is 0 Å². The Labute approximate surface area is 141 Å². The third-order valence-corrected chi connectivity index (χ3v) is 3.67. The van der Waals surface area contributed by atoms with Gasteiger partial charge in [0.25, 0.3) is 5.91 Å². The fraction of sp³-hybridized carbons (Fsp3) is 0.176. The van der Waals surface area contributed by atoms with Crippen LogP contribution in [0.1, 0.15) is 16.1 Å². The molecule has 1 amide bonds. The Morgan fingerprint density at radius 1 is 1.28 bits per heavy atom. The van der Waals surface area contributed by atoms with E-state index in [2.05, 4.69) is 15.0 Å². The minimum atomic E-state index is -0.624. The van der Waals surface area contributed by atoms with E-state index >= 15 is 0 Å². The van der Waals surface area contributed by atoms with Crippen LogP contribution in [0.5, 0.6) is 0 Å². The van der Waals surface area contributed by atoms with Crippen molar-refractivity contribution in [1.29, 1.82) is 0 Å². The maximum absolute atomic E-state index is 13.8. The second kappa shape index (κ2) is 7.37. The summed E-state index contributed by atoms with van der Waals surface area (Å²) < 4.78 is 33.2. The average Bonchev–Trinajstić information content (AvgIpc) is 2.99. The van der Waals surface area contributed by atoms with E-state index in [1.807, 2.05) is 0 Å². The number of pyridine rings is 1. The SMILES string of the molecule is O=C(NCOCO)c1cc2ccn(Cc3ccc(F)cc3F)c2cn1. The molecule has 25 heavy (non-hydrogen) atoms. The average molecular weight is 347 g/mol. The normalized spacial score (nSPS) is 11.0. The first-order valence-corrected chi connectivity index (χ1v) is 7.44. The largest absolute Gasteiger partial charge is 0.371 e. The van der Waals surface area contributed by atoms with E-state index in [0.29, 0.717) is 11.1 Å². The summed E-state index contributed by atoms with van der Waals surface area (Å²) in [6.07, 6.45) is 3.25. The number of ether oxygens (including phenoxy) is 1. The van der Waals surface area contributed by atoms with Gasteiger partial charge in [-0.05, 0) is 18.2 Å². The smallest absolute Gasteiger partial charge is 0.271 e. The van der Waals surface area contributed by atoms with Gasteiger partial charge in [-0.2, -0.15) is 0 Å². The minimum absolute atomic E-state index is 0.125. The highest BCUT2D eigenvalue weighted by molar-refractivity contribution is 5.95. The molecule has 0 fully saturated rings. The molecule has 2 aromatic heterocycles. The number of carbonyl (C=O) groups excluding carboxylic acids is 1. The molecule has 0 saturated carbocycles. The summed E-state index contributed by atoms with van der Waals surface area (Å²) in [5.74, 6) is -1.68. The van der Waals surface area contributed by atoms with Crippen LogP contribution in [0.3, 0.4) is 0 Å². The van der Waals surface area contributed by atoms with Crippen LogP contribution in [0, 0.1) is 11.6 Å². The monoisotopic (exact) mass is 347 g/mol. The molecule has 8 heteroatoms. The summed E-state index contributed by atoms with van der Waals surface area (Å²) in [6, 6.07) is 6.82. The molecule has 130 valence electrons. The number of benzene rings is 1. The summed E-state index contributed by atoms with van der Waals surface area (Å²) >= 11 is 0. The number of carbonyl (C=O) groups is 1. The molecule has 0 unspecified atom stereocenters. The standard InChI is InChI=1S/C17H15F2N3O3/c18-13-2-1-12(14(19)6-13)8-22-4-3-11-5-15(20-7-16(11)22)17(24)21-9-25-10-23/h1-7,23H,8-10H2,(H,21,24). The first-order valence-electron chi connectivity index (χ1n) is 7.44. The number of aliphatic hydroxyl groups is 1. The Balaban J connectivity index is 1.81. The highest BCUT2D eigenvalue weighted by Gasteiger charge is 2.11. The van der Waals surface area contributed by atoms with Gasteiger partial charge >= 0.3 is 0 Å². The van der Waals surface area contributed by atoms with Gasteiger partial charge in [-0.25, -0.2) is 13.8 Å². The zero-order valence-corrected chi connectivity index (χ0v) is 13.1. The third-order valence-electron chi connectivity index (χ3n) is 3.67. The van der Waals surface area contributed by atoms with Crippen LogP contribution >= 0.6 is 0 Å². The van der Waals surface area contributed by atoms with Crippen LogP contribution < -0.4 is 5.32 Å². The van der Waals surface area contributed by atoms with Crippen LogP contribution in [0.2, 0.25) is 0 Å². The Morgan fingerprint density at radius 2 is 2.12 bits per heavy atom. The van der Waals surface area contributed by atoms with E-state index in [4.69, 9.17) is 5.11 Å². The van der Waals surface area contributed by atoms with Gasteiger partial charge in [0.1, 0.15) is 30.9 Å². The molecule has 0 aliphatic heterocycles. The van der Waals surface area contributed by atoms with Gasteiger partial charge in [0, 0.05) is 23.2 Å². The molecule has 0 bridgehead atoms. The molecule has 0 saturated heterocycles. The summed E-state index contributed by atoms with van der Waals surface area (Å²) in [4.78, 5) is 16.0. The number of halogens is 2. The van der Waals surface area contributed by atoms with Crippen molar-refractivity contribution in [3.05, 3.63) is 65.6 Å². The molecule has 3 aromatic rings. The van der Waals surface area contributed by atoms with Crippen molar-refractivity contribution in [2.24, 2.45) is 0 Å². The van der Waals surface area contributed by atoms with Crippen molar-refractivity contribution in [1.82, 2.24) is 14.9 Å². The summed E-state index contributed by atoms with van der Waals surface area (Å²) in [7, 11) is 0. The van der Waals surface area contributed by atoms with Gasteiger partial charge in [0.05, 0.1) is 18.3 Å². The van der Waals surface area contributed by atoms with Crippen molar-refractivity contribution in [2.45, 2.75) is 6.54 Å². The van der Waals surface area contributed by atoms with E-state index in [1.54, 1.807) is 22.9 Å². The highest BCUT2D eigenvalue weighted by atomic mass is 19.1. The number of rotatable bonds is 6. The van der Waals surface area contributed by atoms with Crippen molar-refractivity contribution in [2.75, 3.05) is 13.5 Å². The number of amides is 1. The Kier molecular flexibility index (Phi) is 5.01. The second-order valence-electron chi connectivity index (χ2n) is 5.29. The predicted molar refractivity (Wildman–Crippen MR) is 85.7 cm³/mol. The number of nitrogens with zero attached hydrogens (tertiary/aromatic N) is 2. The van der Waals surface area contributed by atoms with Crippen molar-refractivity contribution >= 4 is 16.8 Å². The van der Waals surface area contributed by atoms with Crippen LogP contribution in [0.25, 0.3) is 10.9 Å². The van der Waals surface area contributed by atoms with Gasteiger partial charge in [-0.3, -0.25) is 4.79 Å². The van der Waals surface area contributed by atoms with E-state index in [9.17, 15) is 13.6 Å². The Bertz CT molecular complexity index is 911. The second-order valence-corrected chi connectivity index (χ2v) is 5.29. The highest BCUT2D eigenvalue weighted by Crippen LogP contribution is 2.19. The van der Waals surface area contributed by atoms with Crippen LogP contribution in [-0.4, -0.2) is 34.1 Å². The predicted octanol–water partition coefficient (Wildman–Crippen LogP) is 2.02. The van der Waals surface area contributed by atoms with E-state index in [-0.39, 0.29) is 19.0 Å². The lowest BCUT2D eigenvalue weighted by Crippen LogP contribution is -2.27. The number of hydrogen-bond acceptors (Lipinski definition) is 4. The van der Waals surface area contributed by atoms with Gasteiger partial charge in [0.2, 0.25) is 0 Å². The fourth-order valence-electron chi connectivity index (χ4n) is 2.44. The van der Waals surface area contributed by atoms with Gasteiger partial charge < -0.3 is 19.7 Å². The Hall–Kier alpha value is -2.84. The molecule has 1 aromatic carbocycles. The molecular formula is C17H15F2N3O3. The van der Waals surface area contributed by atoms with E-state index < -0.39 is 24.3 Å². The first-order chi connectivity index (χ1) is 12.1. The number of aromatic nitrogens is 2. The van der Waals surface area contributed by atoms with E-state index in [1.165, 1.54) is 18.3 Å². The number of aliphatic hydroxyl groups excluding tert-OH is 1. The van der Waals surface area contributed by atoms with Gasteiger partial charge in [-0.1, -0.05) is 6.07 Å². The lowest BCUT2D eigenvalue weighted by molar-refractivity contribution is -0.00829. The van der Waals surface area contributed by atoms with Crippen LogP contribution in [0.4, 0.5) is 8.78 Å². The maximum atomic E-state index is 13.8. The molecule has 0 radical (unpaired) electrons. The first kappa shape index (κ1) is 17.0. The molecule has 2 heterocycles. The fourth-order valence-corrected chi connectivity index (χ4v) is 2.44. The summed E-state index contributed by atoms with van der Waals surface area (Å²) in [6.45, 7) is -0.400. The molecule has 6 nitrogen and oxygen atoms in total. The number of nitrogens with one attached hydrogen (secondary N) is 1. The molecule has 2 N–H and O–H groups in total. The zero-order chi connectivity index (χ0) is 17.8. The van der Waals surface area contributed by atoms with Crippen molar-refractivity contribution in [3.8, 4) is 0 Å². The summed E-state index contributed by atoms with van der Waals surface area (Å²) in [5.41, 5.74) is 1.26. The zero-order valence-electron chi connectivity index (χ0n) is 13.1. The molecule has 0 spiro atoms. The van der Waals surface area contributed by atoms with E-state index in [0.717, 1.165) is 11.5 Å². The quantitative estimate of drug-likeness (QED) is 0.528. The molecule has 0 aliphatic carbocycles. The minimum Gasteiger partial charge on any atom is -0.371 e. The van der Waals surface area contributed by atoms with Crippen LogP contribution in [0.15, 0.2) is 42.7 Å². The van der Waals surface area contributed by atoms with Crippen molar-refractivity contribution < 1.29 is 23.4 Å². The lowest BCUT2D eigenvalue weighted by Gasteiger charge is -2.08.